The van der Waals surface area contributed by atoms with E-state index in [9.17, 15) is 10.1 Å². The lowest BCUT2D eigenvalue weighted by atomic mass is 9.98. The molecule has 0 radical (unpaired) electrons. The molecule has 13 heteroatoms. The first-order chi connectivity index (χ1) is 18.7. The van der Waals surface area contributed by atoms with Crippen LogP contribution >= 0.6 is 11.6 Å². The molecule has 4 aromatic rings. The van der Waals surface area contributed by atoms with Crippen molar-refractivity contribution in [2.45, 2.75) is 43.9 Å². The summed E-state index contributed by atoms with van der Waals surface area (Å²) in [6.07, 6.45) is 4.72. The molecule has 6 rings (SSSR count). The van der Waals surface area contributed by atoms with E-state index in [0.717, 1.165) is 25.7 Å². The van der Waals surface area contributed by atoms with Crippen molar-refractivity contribution in [3.05, 3.63) is 50.8 Å². The smallest absolute Gasteiger partial charge is 0.277 e. The lowest BCUT2D eigenvalue weighted by molar-refractivity contribution is 0.273. The maximum atomic E-state index is 15.7. The molecule has 1 aromatic carbocycles. The number of aromatic nitrogens is 5. The zero-order chi connectivity index (χ0) is 27.5. The number of benzene rings is 1. The number of pyridine rings is 1. The van der Waals surface area contributed by atoms with E-state index >= 15 is 4.39 Å². The van der Waals surface area contributed by atoms with E-state index in [1.165, 1.54) is 16.9 Å². The summed E-state index contributed by atoms with van der Waals surface area (Å²) in [5.41, 5.74) is 12.4. The summed E-state index contributed by atoms with van der Waals surface area (Å²) in [5.74, 6) is -0.557. The van der Waals surface area contributed by atoms with E-state index < -0.39 is 16.9 Å². The highest BCUT2D eigenvalue weighted by Gasteiger charge is 2.39. The molecule has 0 amide bonds. The van der Waals surface area contributed by atoms with Gasteiger partial charge in [0.25, 0.3) is 5.56 Å². The van der Waals surface area contributed by atoms with Gasteiger partial charge in [0, 0.05) is 30.6 Å². The highest BCUT2D eigenvalue weighted by Crippen LogP contribution is 2.43. The molecule has 5 N–H and O–H groups in total. The number of H-pyrrole nitrogens is 1. The topological polar surface area (TPSA) is 171 Å². The van der Waals surface area contributed by atoms with Crippen LogP contribution in [-0.4, -0.2) is 43.2 Å². The lowest BCUT2D eigenvalue weighted by Crippen LogP contribution is -2.30. The average Bonchev–Trinajstić information content (AvgIpc) is 3.85. The largest absolute Gasteiger partial charge is 0.489 e. The average molecular weight is 551 g/mol. The van der Waals surface area contributed by atoms with Crippen molar-refractivity contribution in [1.29, 1.82) is 5.26 Å². The van der Waals surface area contributed by atoms with Crippen molar-refractivity contribution in [3.63, 3.8) is 0 Å². The Hall–Kier alpha value is -4.05. The first-order valence-corrected chi connectivity index (χ1v) is 12.8. The van der Waals surface area contributed by atoms with Crippen molar-refractivity contribution in [2.75, 3.05) is 6.61 Å². The summed E-state index contributed by atoms with van der Waals surface area (Å²) >= 11 is 6.27. The third-order valence-corrected chi connectivity index (χ3v) is 7.24. The molecule has 0 saturated heterocycles. The Bertz CT molecular complexity index is 1740. The van der Waals surface area contributed by atoms with Crippen molar-refractivity contribution < 1.29 is 13.9 Å². The Morgan fingerprint density at radius 1 is 1.36 bits per heavy atom. The molecule has 2 fully saturated rings. The standard InChI is InChI=1S/C26H24ClFN8O3/c1-36-23(20-14(8-29)19(39-12-2-3-12)7-16(27)22(20)28)15(10-32-36)17-6-13-18(9-30)34-35-24(37)21(13)25(33-17)38-11-26(31)4-5-26/h6-7,10,12H,2-5,9,11,30-31H2,1H3,(H,35,37). The SMILES string of the molecule is Cn1ncc(-c2cc3c(CN)n[nH]c(=O)c3c(OCC3(N)CC3)n2)c1-c1c(F)c(Cl)cc(OC2CC2)c1C#N. The molecule has 2 saturated carbocycles. The van der Waals surface area contributed by atoms with Crippen LogP contribution in [0.1, 0.15) is 36.9 Å². The normalized spacial score (nSPS) is 15.8. The number of nitriles is 1. The van der Waals surface area contributed by atoms with Gasteiger partial charge in [-0.25, -0.2) is 14.5 Å². The number of hydrogen-bond acceptors (Lipinski definition) is 9. The van der Waals surface area contributed by atoms with Gasteiger partial charge in [-0.15, -0.1) is 0 Å². The van der Waals surface area contributed by atoms with Gasteiger partial charge in [0.2, 0.25) is 5.88 Å². The number of nitrogens with one attached hydrogen (secondary N) is 1. The second kappa shape index (κ2) is 9.30. The number of ether oxygens (including phenoxy) is 2. The van der Waals surface area contributed by atoms with Crippen LogP contribution in [0.4, 0.5) is 4.39 Å². The van der Waals surface area contributed by atoms with E-state index in [0.29, 0.717) is 22.3 Å². The highest BCUT2D eigenvalue weighted by molar-refractivity contribution is 6.31. The van der Waals surface area contributed by atoms with Crippen LogP contribution in [0.2, 0.25) is 5.02 Å². The molecule has 11 nitrogen and oxygen atoms in total. The van der Waals surface area contributed by atoms with Gasteiger partial charge >= 0.3 is 0 Å². The first-order valence-electron chi connectivity index (χ1n) is 12.4. The van der Waals surface area contributed by atoms with Gasteiger partial charge in [-0.1, -0.05) is 11.6 Å². The molecule has 0 atom stereocenters. The van der Waals surface area contributed by atoms with Gasteiger partial charge < -0.3 is 20.9 Å². The summed E-state index contributed by atoms with van der Waals surface area (Å²) in [6, 6.07) is 5.02. The summed E-state index contributed by atoms with van der Waals surface area (Å²) < 4.78 is 29.0. The highest BCUT2D eigenvalue weighted by atomic mass is 35.5. The van der Waals surface area contributed by atoms with Crippen LogP contribution in [-0.2, 0) is 13.6 Å². The maximum absolute atomic E-state index is 15.7. The zero-order valence-electron chi connectivity index (χ0n) is 20.9. The minimum atomic E-state index is -0.793. The van der Waals surface area contributed by atoms with Crippen LogP contribution in [0.5, 0.6) is 11.6 Å². The molecule has 3 aromatic heterocycles. The van der Waals surface area contributed by atoms with E-state index in [1.54, 1.807) is 13.1 Å². The third kappa shape index (κ3) is 4.48. The first kappa shape index (κ1) is 25.2. The van der Waals surface area contributed by atoms with Crippen LogP contribution in [0.3, 0.4) is 0 Å². The quantitative estimate of drug-likeness (QED) is 0.298. The van der Waals surface area contributed by atoms with Crippen LogP contribution < -0.4 is 26.5 Å². The number of aryl methyl sites for hydroxylation is 1. The molecule has 3 heterocycles. The number of nitrogens with two attached hydrogens (primary N) is 2. The Morgan fingerprint density at radius 2 is 2.13 bits per heavy atom. The predicted molar refractivity (Wildman–Crippen MR) is 141 cm³/mol. The molecular formula is C26H24ClFN8O3. The number of halogens is 2. The fourth-order valence-electron chi connectivity index (χ4n) is 4.43. The minimum Gasteiger partial charge on any atom is -0.489 e. The third-order valence-electron chi connectivity index (χ3n) is 6.96. The lowest BCUT2D eigenvalue weighted by Gasteiger charge is -2.16. The van der Waals surface area contributed by atoms with Crippen molar-refractivity contribution in [1.82, 2.24) is 25.0 Å². The Kier molecular flexibility index (Phi) is 6.02. The van der Waals surface area contributed by atoms with E-state index in [4.69, 9.17) is 32.5 Å². The van der Waals surface area contributed by atoms with Gasteiger partial charge in [0.05, 0.1) is 45.5 Å². The second-order valence-electron chi connectivity index (χ2n) is 9.97. The molecule has 0 spiro atoms. The van der Waals surface area contributed by atoms with Crippen molar-refractivity contribution in [3.8, 4) is 40.2 Å². The predicted octanol–water partition coefficient (Wildman–Crippen LogP) is 2.92. The Morgan fingerprint density at radius 3 is 2.79 bits per heavy atom. The Balaban J connectivity index is 1.58. The van der Waals surface area contributed by atoms with Crippen molar-refractivity contribution in [2.24, 2.45) is 18.5 Å². The second-order valence-corrected chi connectivity index (χ2v) is 10.4. The minimum absolute atomic E-state index is 0.00882. The van der Waals surface area contributed by atoms with Crippen LogP contribution in [0.25, 0.3) is 33.3 Å². The molecule has 0 unspecified atom stereocenters. The van der Waals surface area contributed by atoms with Gasteiger partial charge in [0.1, 0.15) is 29.4 Å². The maximum Gasteiger partial charge on any atom is 0.277 e. The molecule has 2 aliphatic carbocycles. The summed E-state index contributed by atoms with van der Waals surface area (Å²) in [6.45, 7) is 0.182. The summed E-state index contributed by atoms with van der Waals surface area (Å²) in [7, 11) is 1.61. The summed E-state index contributed by atoms with van der Waals surface area (Å²) in [4.78, 5) is 17.4. The van der Waals surface area contributed by atoms with Gasteiger partial charge in [-0.05, 0) is 31.7 Å². The number of rotatable bonds is 8. The number of aromatic amines is 1. The van der Waals surface area contributed by atoms with E-state index in [2.05, 4.69) is 26.3 Å². The molecule has 0 aliphatic heterocycles. The van der Waals surface area contributed by atoms with E-state index in [1.807, 2.05) is 0 Å². The van der Waals surface area contributed by atoms with Gasteiger partial charge in [-0.2, -0.15) is 15.5 Å². The monoisotopic (exact) mass is 550 g/mol. The van der Waals surface area contributed by atoms with Crippen LogP contribution in [0.15, 0.2) is 23.1 Å². The fourth-order valence-corrected chi connectivity index (χ4v) is 4.63. The van der Waals surface area contributed by atoms with Crippen molar-refractivity contribution >= 4 is 22.4 Å². The molecule has 0 bridgehead atoms. The molecule has 200 valence electrons. The Labute approximate surface area is 226 Å². The van der Waals surface area contributed by atoms with Gasteiger partial charge in [-0.3, -0.25) is 9.48 Å². The summed E-state index contributed by atoms with van der Waals surface area (Å²) in [5, 5.41) is 21.3. The number of hydrogen-bond donors (Lipinski definition) is 3. The number of fused-ring (bicyclic) bond motifs is 1. The molecular weight excluding hydrogens is 527 g/mol. The van der Waals surface area contributed by atoms with Gasteiger partial charge in [0.15, 0.2) is 5.82 Å². The molecule has 2 aliphatic rings. The van der Waals surface area contributed by atoms with E-state index in [-0.39, 0.29) is 58.1 Å². The zero-order valence-corrected chi connectivity index (χ0v) is 21.7. The van der Waals surface area contributed by atoms with Crippen LogP contribution in [0, 0.1) is 17.1 Å². The fraction of sp³-hybridized carbons (Fsp3) is 0.346. The number of nitrogens with zero attached hydrogens (tertiary/aromatic N) is 5. The molecule has 39 heavy (non-hydrogen) atoms.